The first-order valence-corrected chi connectivity index (χ1v) is 8.04. The standard InChI is InChI=1S/C15H17NO4S/c1-8-6-11(17)16(12(18)7-8)14-13(15(19)20)9-4-2-3-5-10(9)21-14/h8H,2-7H2,1H3,(H,19,20). The van der Waals surface area contributed by atoms with Crippen LogP contribution in [-0.4, -0.2) is 22.9 Å². The van der Waals surface area contributed by atoms with Gasteiger partial charge in [-0.15, -0.1) is 11.3 Å². The van der Waals surface area contributed by atoms with Gasteiger partial charge in [0, 0.05) is 17.7 Å². The Labute approximate surface area is 126 Å². The van der Waals surface area contributed by atoms with Crippen LogP contribution in [-0.2, 0) is 22.4 Å². The van der Waals surface area contributed by atoms with Crippen molar-refractivity contribution in [2.24, 2.45) is 5.92 Å². The average molecular weight is 307 g/mol. The van der Waals surface area contributed by atoms with E-state index in [-0.39, 0.29) is 23.3 Å². The molecule has 1 aliphatic heterocycles. The highest BCUT2D eigenvalue weighted by atomic mass is 32.1. The van der Waals surface area contributed by atoms with Gasteiger partial charge in [0.15, 0.2) is 0 Å². The highest BCUT2D eigenvalue weighted by molar-refractivity contribution is 7.17. The van der Waals surface area contributed by atoms with Crippen LogP contribution in [0.25, 0.3) is 0 Å². The Morgan fingerprint density at radius 3 is 2.43 bits per heavy atom. The molecule has 0 atom stereocenters. The summed E-state index contributed by atoms with van der Waals surface area (Å²) in [6, 6.07) is 0. The Hall–Kier alpha value is -1.69. The number of carbonyl (C=O) groups is 3. The molecule has 21 heavy (non-hydrogen) atoms. The molecule has 3 rings (SSSR count). The number of imide groups is 1. The molecule has 0 aromatic carbocycles. The second-order valence-electron chi connectivity index (χ2n) is 5.83. The topological polar surface area (TPSA) is 74.7 Å². The van der Waals surface area contributed by atoms with E-state index in [4.69, 9.17) is 0 Å². The van der Waals surface area contributed by atoms with E-state index in [0.717, 1.165) is 41.0 Å². The Kier molecular flexibility index (Phi) is 3.57. The number of carboxylic acid groups (broad SMARTS) is 1. The number of amides is 2. The third-order valence-electron chi connectivity index (χ3n) is 4.11. The fourth-order valence-corrected chi connectivity index (χ4v) is 4.56. The summed E-state index contributed by atoms with van der Waals surface area (Å²) in [5, 5.41) is 9.85. The van der Waals surface area contributed by atoms with E-state index >= 15 is 0 Å². The van der Waals surface area contributed by atoms with Gasteiger partial charge in [0.05, 0.1) is 5.56 Å². The van der Waals surface area contributed by atoms with Gasteiger partial charge in [-0.3, -0.25) is 9.59 Å². The van der Waals surface area contributed by atoms with Gasteiger partial charge in [0.25, 0.3) is 0 Å². The molecule has 6 heteroatoms. The highest BCUT2D eigenvalue weighted by Crippen LogP contribution is 2.41. The van der Waals surface area contributed by atoms with Crippen LogP contribution in [0.1, 0.15) is 53.4 Å². The maximum absolute atomic E-state index is 12.2. The van der Waals surface area contributed by atoms with Crippen molar-refractivity contribution in [2.45, 2.75) is 45.4 Å². The SMILES string of the molecule is CC1CC(=O)N(c2sc3c(c2C(=O)O)CCCC3)C(=O)C1. The quantitative estimate of drug-likeness (QED) is 0.852. The lowest BCUT2D eigenvalue weighted by Crippen LogP contribution is -2.43. The van der Waals surface area contributed by atoms with Crippen LogP contribution in [0, 0.1) is 5.92 Å². The summed E-state index contributed by atoms with van der Waals surface area (Å²) in [4.78, 5) is 38.2. The number of thiophene rings is 1. The lowest BCUT2D eigenvalue weighted by atomic mass is 9.94. The first-order chi connectivity index (χ1) is 9.99. The summed E-state index contributed by atoms with van der Waals surface area (Å²) in [6.45, 7) is 1.87. The van der Waals surface area contributed by atoms with Gasteiger partial charge in [-0.1, -0.05) is 6.92 Å². The van der Waals surface area contributed by atoms with Crippen molar-refractivity contribution in [3.63, 3.8) is 0 Å². The Morgan fingerprint density at radius 2 is 1.81 bits per heavy atom. The Morgan fingerprint density at radius 1 is 1.19 bits per heavy atom. The van der Waals surface area contributed by atoms with Crippen LogP contribution in [0.15, 0.2) is 0 Å². The molecule has 5 nitrogen and oxygen atoms in total. The second kappa shape index (κ2) is 5.26. The zero-order chi connectivity index (χ0) is 15.1. The zero-order valence-electron chi connectivity index (χ0n) is 11.8. The number of aryl methyl sites for hydroxylation is 1. The monoisotopic (exact) mass is 307 g/mol. The fourth-order valence-electron chi connectivity index (χ4n) is 3.15. The van der Waals surface area contributed by atoms with Crippen molar-refractivity contribution in [3.8, 4) is 0 Å². The van der Waals surface area contributed by atoms with E-state index in [9.17, 15) is 19.5 Å². The first kappa shape index (κ1) is 14.3. The van der Waals surface area contributed by atoms with E-state index < -0.39 is 5.97 Å². The molecule has 0 bridgehead atoms. The molecule has 1 aliphatic carbocycles. The molecule has 1 aromatic heterocycles. The summed E-state index contributed by atoms with van der Waals surface area (Å²) in [5.41, 5.74) is 0.999. The minimum Gasteiger partial charge on any atom is -0.478 e. The van der Waals surface area contributed by atoms with Crippen LogP contribution in [0.3, 0.4) is 0 Å². The summed E-state index contributed by atoms with van der Waals surface area (Å²) < 4.78 is 0. The largest absolute Gasteiger partial charge is 0.478 e. The second-order valence-corrected chi connectivity index (χ2v) is 6.92. The van der Waals surface area contributed by atoms with Crippen LogP contribution in [0.5, 0.6) is 0 Å². The molecule has 2 heterocycles. The van der Waals surface area contributed by atoms with E-state index in [0.29, 0.717) is 17.8 Å². The molecule has 0 spiro atoms. The fraction of sp³-hybridized carbons (Fsp3) is 0.533. The van der Waals surface area contributed by atoms with Gasteiger partial charge >= 0.3 is 5.97 Å². The smallest absolute Gasteiger partial charge is 0.339 e. The van der Waals surface area contributed by atoms with Crippen molar-refractivity contribution < 1.29 is 19.5 Å². The number of aromatic carboxylic acids is 1. The molecule has 1 fully saturated rings. The van der Waals surface area contributed by atoms with Gasteiger partial charge in [-0.2, -0.15) is 0 Å². The van der Waals surface area contributed by atoms with Crippen LogP contribution < -0.4 is 4.90 Å². The van der Waals surface area contributed by atoms with E-state index in [2.05, 4.69) is 0 Å². The number of carbonyl (C=O) groups excluding carboxylic acids is 2. The summed E-state index contributed by atoms with van der Waals surface area (Å²) in [5.74, 6) is -1.56. The van der Waals surface area contributed by atoms with Gasteiger partial charge in [0.2, 0.25) is 11.8 Å². The van der Waals surface area contributed by atoms with Crippen molar-refractivity contribution in [3.05, 3.63) is 16.0 Å². The Balaban J connectivity index is 2.09. The number of rotatable bonds is 2. The molecule has 1 saturated heterocycles. The third-order valence-corrected chi connectivity index (χ3v) is 5.39. The summed E-state index contributed by atoms with van der Waals surface area (Å²) >= 11 is 1.31. The van der Waals surface area contributed by atoms with Gasteiger partial charge < -0.3 is 5.11 Å². The minimum atomic E-state index is -1.04. The predicted octanol–water partition coefficient (Wildman–Crippen LogP) is 2.61. The van der Waals surface area contributed by atoms with Crippen LogP contribution in [0.4, 0.5) is 5.00 Å². The van der Waals surface area contributed by atoms with E-state index in [1.54, 1.807) is 0 Å². The van der Waals surface area contributed by atoms with Crippen molar-refractivity contribution in [1.82, 2.24) is 0 Å². The highest BCUT2D eigenvalue weighted by Gasteiger charge is 2.37. The number of anilines is 1. The number of nitrogens with zero attached hydrogens (tertiary/aromatic N) is 1. The number of piperidine rings is 1. The maximum Gasteiger partial charge on any atom is 0.339 e. The molecule has 112 valence electrons. The molecule has 2 amide bonds. The number of carboxylic acids is 1. The van der Waals surface area contributed by atoms with E-state index in [1.165, 1.54) is 11.3 Å². The van der Waals surface area contributed by atoms with Gasteiger partial charge in [-0.05, 0) is 37.2 Å². The molecule has 1 aromatic rings. The third kappa shape index (κ3) is 2.37. The normalized spacial score (nSPS) is 19.8. The first-order valence-electron chi connectivity index (χ1n) is 7.22. The molecule has 0 radical (unpaired) electrons. The minimum absolute atomic E-state index is 0.0316. The predicted molar refractivity (Wildman–Crippen MR) is 78.8 cm³/mol. The summed E-state index contributed by atoms with van der Waals surface area (Å²) in [6.07, 6.45) is 4.15. The molecular formula is C15H17NO4S. The van der Waals surface area contributed by atoms with Crippen molar-refractivity contribution >= 4 is 34.1 Å². The van der Waals surface area contributed by atoms with Crippen molar-refractivity contribution in [2.75, 3.05) is 4.90 Å². The summed E-state index contributed by atoms with van der Waals surface area (Å²) in [7, 11) is 0. The molecule has 2 aliphatic rings. The van der Waals surface area contributed by atoms with Gasteiger partial charge in [-0.25, -0.2) is 9.69 Å². The number of fused-ring (bicyclic) bond motifs is 1. The van der Waals surface area contributed by atoms with E-state index in [1.807, 2.05) is 6.92 Å². The maximum atomic E-state index is 12.2. The lowest BCUT2D eigenvalue weighted by molar-refractivity contribution is -0.130. The number of hydrogen-bond donors (Lipinski definition) is 1. The molecule has 0 unspecified atom stereocenters. The molecule has 1 N–H and O–H groups in total. The Bertz CT molecular complexity index is 616. The van der Waals surface area contributed by atoms with Crippen LogP contribution >= 0.6 is 11.3 Å². The molecule has 0 saturated carbocycles. The lowest BCUT2D eigenvalue weighted by Gasteiger charge is -2.27. The van der Waals surface area contributed by atoms with Crippen molar-refractivity contribution in [1.29, 1.82) is 0 Å². The van der Waals surface area contributed by atoms with Crippen LogP contribution in [0.2, 0.25) is 0 Å². The average Bonchev–Trinajstić information content (AvgIpc) is 2.76. The zero-order valence-corrected chi connectivity index (χ0v) is 12.7. The number of hydrogen-bond acceptors (Lipinski definition) is 4. The molecular weight excluding hydrogens is 290 g/mol. The van der Waals surface area contributed by atoms with Gasteiger partial charge in [0.1, 0.15) is 5.00 Å².